The van der Waals surface area contributed by atoms with Crippen LogP contribution in [0.4, 0.5) is 4.39 Å². The van der Waals surface area contributed by atoms with Crippen molar-refractivity contribution in [2.75, 3.05) is 13.2 Å². The van der Waals surface area contributed by atoms with Crippen LogP contribution in [-0.2, 0) is 4.74 Å². The summed E-state index contributed by atoms with van der Waals surface area (Å²) in [4.78, 5) is 0. The minimum absolute atomic E-state index is 0. The molecule has 2 aliphatic rings. The molecule has 1 N–H and O–H groups in total. The summed E-state index contributed by atoms with van der Waals surface area (Å²) in [6.07, 6.45) is 0.756. The highest BCUT2D eigenvalue weighted by atomic mass is 35.5. The van der Waals surface area contributed by atoms with Crippen molar-refractivity contribution in [1.82, 2.24) is 5.32 Å². The zero-order chi connectivity index (χ0) is 6.97. The summed E-state index contributed by atoms with van der Waals surface area (Å²) in [5.74, 6) is 0. The third kappa shape index (κ3) is 1.83. The van der Waals surface area contributed by atoms with Crippen LogP contribution in [0.25, 0.3) is 0 Å². The Morgan fingerprint density at radius 2 is 2.18 bits per heavy atom. The summed E-state index contributed by atoms with van der Waals surface area (Å²) in [6.45, 7) is 1.63. The molecule has 0 amide bonds. The molecule has 1 unspecified atom stereocenters. The number of morpholine rings is 1. The Labute approximate surface area is 71.9 Å². The largest absolute Gasteiger partial charge is 0.375 e. The minimum atomic E-state index is -0.638. The monoisotopic (exact) mass is 181 g/mol. The van der Waals surface area contributed by atoms with Crippen molar-refractivity contribution in [3.63, 3.8) is 0 Å². The van der Waals surface area contributed by atoms with E-state index in [2.05, 4.69) is 5.32 Å². The van der Waals surface area contributed by atoms with Crippen LogP contribution in [0.2, 0.25) is 0 Å². The quantitative estimate of drug-likeness (QED) is 0.600. The van der Waals surface area contributed by atoms with Crippen molar-refractivity contribution in [2.24, 2.45) is 0 Å². The molecule has 0 spiro atoms. The highest BCUT2D eigenvalue weighted by Crippen LogP contribution is 2.26. The van der Waals surface area contributed by atoms with E-state index < -0.39 is 6.17 Å². The van der Waals surface area contributed by atoms with Crippen molar-refractivity contribution < 1.29 is 9.13 Å². The Morgan fingerprint density at radius 3 is 2.91 bits per heavy atom. The van der Waals surface area contributed by atoms with Crippen LogP contribution in [-0.4, -0.2) is 31.5 Å². The molecule has 2 fully saturated rings. The third-order valence-corrected chi connectivity index (χ3v) is 2.29. The predicted molar refractivity (Wildman–Crippen MR) is 42.9 cm³/mol. The molecule has 3 atom stereocenters. The first-order valence-electron chi connectivity index (χ1n) is 3.85. The van der Waals surface area contributed by atoms with Crippen molar-refractivity contribution in [3.8, 4) is 0 Å². The third-order valence-electron chi connectivity index (χ3n) is 2.29. The molecular weight excluding hydrogens is 169 g/mol. The topological polar surface area (TPSA) is 21.3 Å². The minimum Gasteiger partial charge on any atom is -0.375 e. The molecule has 1 aliphatic heterocycles. The zero-order valence-electron chi connectivity index (χ0n) is 6.25. The Balaban J connectivity index is 0.000000605. The summed E-state index contributed by atoms with van der Waals surface area (Å²) >= 11 is 0. The van der Waals surface area contributed by atoms with Crippen LogP contribution in [0.3, 0.4) is 0 Å². The second-order valence-corrected chi connectivity index (χ2v) is 3.04. The number of nitrogens with one attached hydrogen (secondary N) is 1. The molecule has 0 aromatic heterocycles. The summed E-state index contributed by atoms with van der Waals surface area (Å²) in [7, 11) is 0. The van der Waals surface area contributed by atoms with Gasteiger partial charge in [-0.2, -0.15) is 0 Å². The smallest absolute Gasteiger partial charge is 0.104 e. The maximum Gasteiger partial charge on any atom is 0.104 e. The molecular formula is C7H13ClFNO. The fourth-order valence-corrected chi connectivity index (χ4v) is 1.79. The number of rotatable bonds is 0. The van der Waals surface area contributed by atoms with E-state index >= 15 is 0 Å². The van der Waals surface area contributed by atoms with E-state index in [1.165, 1.54) is 0 Å². The van der Waals surface area contributed by atoms with Crippen molar-refractivity contribution in [2.45, 2.75) is 31.2 Å². The number of fused-ring (bicyclic) bond motifs is 1. The van der Waals surface area contributed by atoms with Gasteiger partial charge < -0.3 is 10.1 Å². The van der Waals surface area contributed by atoms with Gasteiger partial charge >= 0.3 is 0 Å². The van der Waals surface area contributed by atoms with E-state index in [1.54, 1.807) is 0 Å². The van der Waals surface area contributed by atoms with Gasteiger partial charge in [-0.25, -0.2) is 4.39 Å². The zero-order valence-corrected chi connectivity index (χ0v) is 7.07. The standard InChI is InChI=1S/C7H12FNO.ClH/c8-5-3-6-7(4-5)10-2-1-9-6;/h5-7,9H,1-4H2;1H/t5?,6-,7-;/m0./s1. The second-order valence-electron chi connectivity index (χ2n) is 3.04. The number of hydrogen-bond acceptors (Lipinski definition) is 2. The molecule has 1 heterocycles. The normalized spacial score (nSPS) is 42.8. The lowest BCUT2D eigenvalue weighted by Crippen LogP contribution is -2.44. The Kier molecular flexibility index (Phi) is 3.10. The molecule has 0 bridgehead atoms. The first-order valence-corrected chi connectivity index (χ1v) is 3.85. The predicted octanol–water partition coefficient (Wildman–Crippen LogP) is 0.897. The van der Waals surface area contributed by atoms with E-state index in [9.17, 15) is 4.39 Å². The van der Waals surface area contributed by atoms with Crippen molar-refractivity contribution in [3.05, 3.63) is 0 Å². The first-order chi connectivity index (χ1) is 4.86. The molecule has 2 nitrogen and oxygen atoms in total. The highest BCUT2D eigenvalue weighted by molar-refractivity contribution is 5.85. The van der Waals surface area contributed by atoms with Crippen LogP contribution in [0.1, 0.15) is 12.8 Å². The van der Waals surface area contributed by atoms with Crippen LogP contribution in [0, 0.1) is 0 Å². The van der Waals surface area contributed by atoms with Gasteiger partial charge in [0.25, 0.3) is 0 Å². The van der Waals surface area contributed by atoms with Crippen molar-refractivity contribution in [1.29, 1.82) is 0 Å². The fraction of sp³-hybridized carbons (Fsp3) is 1.00. The van der Waals surface area contributed by atoms with Gasteiger partial charge in [-0.1, -0.05) is 0 Å². The fourth-order valence-electron chi connectivity index (χ4n) is 1.79. The number of ether oxygens (including phenoxy) is 1. The summed E-state index contributed by atoms with van der Waals surface area (Å²) < 4.78 is 18.1. The maximum absolute atomic E-state index is 12.7. The van der Waals surface area contributed by atoms with E-state index in [0.29, 0.717) is 18.9 Å². The Hall–Kier alpha value is 0.140. The van der Waals surface area contributed by atoms with E-state index in [1.807, 2.05) is 0 Å². The molecule has 1 aliphatic carbocycles. The molecule has 1 saturated heterocycles. The molecule has 66 valence electrons. The molecule has 11 heavy (non-hydrogen) atoms. The second kappa shape index (κ2) is 3.70. The summed E-state index contributed by atoms with van der Waals surface area (Å²) in [5, 5.41) is 3.25. The van der Waals surface area contributed by atoms with Crippen LogP contribution in [0.15, 0.2) is 0 Å². The summed E-state index contributed by atoms with van der Waals surface area (Å²) in [5.41, 5.74) is 0. The lowest BCUT2D eigenvalue weighted by molar-refractivity contribution is 0.00973. The van der Waals surface area contributed by atoms with Gasteiger partial charge in [0.2, 0.25) is 0 Å². The van der Waals surface area contributed by atoms with Crippen molar-refractivity contribution >= 4 is 12.4 Å². The molecule has 4 heteroatoms. The lowest BCUT2D eigenvalue weighted by atomic mass is 10.2. The van der Waals surface area contributed by atoms with Gasteiger partial charge in [0.05, 0.1) is 12.7 Å². The average Bonchev–Trinajstić information content (AvgIpc) is 2.27. The molecule has 0 radical (unpaired) electrons. The SMILES string of the molecule is Cl.FC1C[C@@H]2NCCO[C@H]2C1. The summed E-state index contributed by atoms with van der Waals surface area (Å²) in [6, 6.07) is 0.295. The van der Waals surface area contributed by atoms with Crippen LogP contribution in [0.5, 0.6) is 0 Å². The molecule has 1 saturated carbocycles. The van der Waals surface area contributed by atoms with Gasteiger partial charge in [0, 0.05) is 19.0 Å². The average molecular weight is 182 g/mol. The van der Waals surface area contributed by atoms with Gasteiger partial charge in [-0.05, 0) is 6.42 Å². The Bertz CT molecular complexity index is 122. The van der Waals surface area contributed by atoms with Crippen LogP contribution < -0.4 is 5.32 Å². The molecule has 0 aromatic carbocycles. The van der Waals surface area contributed by atoms with E-state index in [4.69, 9.17) is 4.74 Å². The number of alkyl halides is 1. The molecule has 2 rings (SSSR count). The van der Waals surface area contributed by atoms with Gasteiger partial charge in [-0.15, -0.1) is 12.4 Å². The highest BCUT2D eigenvalue weighted by Gasteiger charge is 2.36. The van der Waals surface area contributed by atoms with Gasteiger partial charge in [0.1, 0.15) is 6.17 Å². The van der Waals surface area contributed by atoms with E-state index in [0.717, 1.165) is 13.2 Å². The van der Waals surface area contributed by atoms with E-state index in [-0.39, 0.29) is 18.5 Å². The van der Waals surface area contributed by atoms with Crippen LogP contribution >= 0.6 is 12.4 Å². The maximum atomic E-state index is 12.7. The van der Waals surface area contributed by atoms with Gasteiger partial charge in [-0.3, -0.25) is 0 Å². The Morgan fingerprint density at radius 1 is 1.36 bits per heavy atom. The lowest BCUT2D eigenvalue weighted by Gasteiger charge is -2.26. The van der Waals surface area contributed by atoms with Gasteiger partial charge in [0.15, 0.2) is 0 Å². The first kappa shape index (κ1) is 9.23. The number of halogens is 2. The number of hydrogen-bond donors (Lipinski definition) is 1. The molecule has 0 aromatic rings.